The molecule has 0 aromatic carbocycles. The Balaban J connectivity index is 1.91. The summed E-state index contributed by atoms with van der Waals surface area (Å²) < 4.78 is 2.24. The van der Waals surface area contributed by atoms with Gasteiger partial charge in [-0.3, -0.25) is 0 Å². The summed E-state index contributed by atoms with van der Waals surface area (Å²) in [6.45, 7) is 10.0. The molecule has 90 valence electrons. The van der Waals surface area contributed by atoms with Crippen molar-refractivity contribution < 1.29 is 0 Å². The van der Waals surface area contributed by atoms with Crippen molar-refractivity contribution in [2.45, 2.75) is 26.8 Å². The van der Waals surface area contributed by atoms with E-state index in [1.54, 1.807) is 0 Å². The number of aromatic nitrogens is 2. The number of likely N-dealkylation sites (tertiary alicyclic amines) is 1. The van der Waals surface area contributed by atoms with Gasteiger partial charge in [-0.2, -0.15) is 0 Å². The van der Waals surface area contributed by atoms with E-state index < -0.39 is 0 Å². The third-order valence-electron chi connectivity index (χ3n) is 3.32. The van der Waals surface area contributed by atoms with E-state index in [2.05, 4.69) is 39.8 Å². The molecule has 0 amide bonds. The van der Waals surface area contributed by atoms with E-state index >= 15 is 0 Å². The molecular weight excluding hydrogens is 200 g/mol. The van der Waals surface area contributed by atoms with Crippen molar-refractivity contribution in [3.05, 3.63) is 12.4 Å². The van der Waals surface area contributed by atoms with Crippen molar-refractivity contribution in [3.8, 4) is 0 Å². The van der Waals surface area contributed by atoms with Crippen LogP contribution < -0.4 is 5.32 Å². The lowest BCUT2D eigenvalue weighted by molar-refractivity contribution is 0.333. The summed E-state index contributed by atoms with van der Waals surface area (Å²) in [5, 5.41) is 3.29. The highest BCUT2D eigenvalue weighted by atomic mass is 15.2. The Hall–Kier alpha value is -1.03. The predicted octanol–water partition coefficient (Wildman–Crippen LogP) is 1.66. The van der Waals surface area contributed by atoms with E-state index in [9.17, 15) is 0 Å². The summed E-state index contributed by atoms with van der Waals surface area (Å²) in [5.41, 5.74) is 0. The Morgan fingerprint density at radius 2 is 2.38 bits per heavy atom. The van der Waals surface area contributed by atoms with Crippen LogP contribution in [0.25, 0.3) is 0 Å². The summed E-state index contributed by atoms with van der Waals surface area (Å²) in [6.07, 6.45) is 5.27. The summed E-state index contributed by atoms with van der Waals surface area (Å²) in [7, 11) is 0. The monoisotopic (exact) mass is 222 g/mol. The average Bonchev–Trinajstić information content (AvgIpc) is 2.90. The molecule has 1 unspecified atom stereocenters. The highest BCUT2D eigenvalue weighted by Crippen LogP contribution is 2.19. The van der Waals surface area contributed by atoms with Crippen molar-refractivity contribution >= 4 is 5.95 Å². The first-order valence-corrected chi connectivity index (χ1v) is 6.30. The third kappa shape index (κ3) is 2.55. The molecule has 1 N–H and O–H groups in total. The van der Waals surface area contributed by atoms with E-state index in [-0.39, 0.29) is 0 Å². The largest absolute Gasteiger partial charge is 0.356 e. The summed E-state index contributed by atoms with van der Waals surface area (Å²) in [4.78, 5) is 6.85. The molecule has 1 aromatic rings. The Bertz CT molecular complexity index is 321. The fourth-order valence-corrected chi connectivity index (χ4v) is 2.41. The lowest BCUT2D eigenvalue weighted by Crippen LogP contribution is -2.21. The smallest absolute Gasteiger partial charge is 0.202 e. The lowest BCUT2D eigenvalue weighted by atomic mass is 10.1. The molecule has 2 rings (SSSR count). The second-order valence-corrected chi connectivity index (χ2v) is 4.48. The van der Waals surface area contributed by atoms with Gasteiger partial charge in [-0.1, -0.05) is 6.92 Å². The molecule has 1 atom stereocenters. The molecule has 2 heterocycles. The van der Waals surface area contributed by atoms with Crippen LogP contribution >= 0.6 is 0 Å². The zero-order valence-electron chi connectivity index (χ0n) is 10.3. The molecule has 4 nitrogen and oxygen atoms in total. The Labute approximate surface area is 97.7 Å². The van der Waals surface area contributed by atoms with Crippen molar-refractivity contribution in [1.82, 2.24) is 14.5 Å². The number of rotatable bonds is 5. The average molecular weight is 222 g/mol. The van der Waals surface area contributed by atoms with Gasteiger partial charge in [-0.15, -0.1) is 0 Å². The van der Waals surface area contributed by atoms with Crippen LogP contribution in [0.2, 0.25) is 0 Å². The minimum absolute atomic E-state index is 0.784. The van der Waals surface area contributed by atoms with Gasteiger partial charge >= 0.3 is 0 Å². The van der Waals surface area contributed by atoms with Crippen LogP contribution in [-0.4, -0.2) is 40.6 Å². The standard InChI is InChI=1S/C12H22N4/c1-3-13-12-14-6-8-16(12)10-11-5-7-15(4-2)9-11/h6,8,11H,3-5,7,9-10H2,1-2H3,(H,13,14). The molecule has 0 bridgehead atoms. The SMILES string of the molecule is CCNc1nccn1CC1CCN(CC)C1. The molecule has 1 aromatic heterocycles. The van der Waals surface area contributed by atoms with Gasteiger partial charge in [0.05, 0.1) is 0 Å². The highest BCUT2D eigenvalue weighted by molar-refractivity contribution is 5.25. The number of hydrogen-bond acceptors (Lipinski definition) is 3. The van der Waals surface area contributed by atoms with E-state index in [0.29, 0.717) is 0 Å². The molecule has 1 saturated heterocycles. The Morgan fingerprint density at radius 3 is 3.06 bits per heavy atom. The van der Waals surface area contributed by atoms with Crippen LogP contribution in [0.4, 0.5) is 5.95 Å². The minimum atomic E-state index is 0.784. The molecule has 1 fully saturated rings. The quantitative estimate of drug-likeness (QED) is 0.822. The number of nitrogens with one attached hydrogen (secondary N) is 1. The van der Waals surface area contributed by atoms with Crippen molar-refractivity contribution in [2.24, 2.45) is 5.92 Å². The maximum Gasteiger partial charge on any atom is 0.202 e. The summed E-state index contributed by atoms with van der Waals surface area (Å²) in [5.74, 6) is 1.80. The third-order valence-corrected chi connectivity index (χ3v) is 3.32. The second kappa shape index (κ2) is 5.34. The number of hydrogen-bond donors (Lipinski definition) is 1. The van der Waals surface area contributed by atoms with Gasteiger partial charge in [0.1, 0.15) is 0 Å². The molecular formula is C12H22N4. The first-order valence-electron chi connectivity index (χ1n) is 6.30. The van der Waals surface area contributed by atoms with Gasteiger partial charge in [0, 0.05) is 32.0 Å². The lowest BCUT2D eigenvalue weighted by Gasteiger charge is -2.15. The van der Waals surface area contributed by atoms with E-state index in [1.165, 1.54) is 26.1 Å². The van der Waals surface area contributed by atoms with Crippen LogP contribution in [-0.2, 0) is 6.54 Å². The van der Waals surface area contributed by atoms with Gasteiger partial charge in [-0.05, 0) is 32.4 Å². The molecule has 16 heavy (non-hydrogen) atoms. The van der Waals surface area contributed by atoms with Gasteiger partial charge in [0.25, 0.3) is 0 Å². The van der Waals surface area contributed by atoms with E-state index in [1.807, 2.05) is 6.20 Å². The van der Waals surface area contributed by atoms with Gasteiger partial charge in [0.2, 0.25) is 5.95 Å². The van der Waals surface area contributed by atoms with E-state index in [4.69, 9.17) is 0 Å². The van der Waals surface area contributed by atoms with Crippen LogP contribution in [0.3, 0.4) is 0 Å². The van der Waals surface area contributed by atoms with Crippen LogP contribution in [0.15, 0.2) is 12.4 Å². The number of imidazole rings is 1. The molecule has 0 spiro atoms. The molecule has 1 aliphatic heterocycles. The fourth-order valence-electron chi connectivity index (χ4n) is 2.41. The predicted molar refractivity (Wildman–Crippen MR) is 66.6 cm³/mol. The maximum absolute atomic E-state index is 4.33. The second-order valence-electron chi connectivity index (χ2n) is 4.48. The summed E-state index contributed by atoms with van der Waals surface area (Å²) in [6, 6.07) is 0. The van der Waals surface area contributed by atoms with Crippen molar-refractivity contribution in [3.63, 3.8) is 0 Å². The van der Waals surface area contributed by atoms with E-state index in [0.717, 1.165) is 25.0 Å². The van der Waals surface area contributed by atoms with Crippen LogP contribution in [0.1, 0.15) is 20.3 Å². The van der Waals surface area contributed by atoms with Crippen LogP contribution in [0, 0.1) is 5.92 Å². The Kier molecular flexibility index (Phi) is 3.83. The molecule has 1 aliphatic rings. The minimum Gasteiger partial charge on any atom is -0.356 e. The zero-order chi connectivity index (χ0) is 11.4. The molecule has 4 heteroatoms. The van der Waals surface area contributed by atoms with Gasteiger partial charge in [-0.25, -0.2) is 4.98 Å². The molecule has 0 aliphatic carbocycles. The highest BCUT2D eigenvalue weighted by Gasteiger charge is 2.21. The fraction of sp³-hybridized carbons (Fsp3) is 0.750. The summed E-state index contributed by atoms with van der Waals surface area (Å²) >= 11 is 0. The Morgan fingerprint density at radius 1 is 1.50 bits per heavy atom. The normalized spacial score (nSPS) is 21.5. The zero-order valence-corrected chi connectivity index (χ0v) is 10.3. The first-order chi connectivity index (χ1) is 7.83. The van der Waals surface area contributed by atoms with Crippen molar-refractivity contribution in [1.29, 1.82) is 0 Å². The molecule has 0 radical (unpaired) electrons. The van der Waals surface area contributed by atoms with Crippen LogP contribution in [0.5, 0.6) is 0 Å². The topological polar surface area (TPSA) is 33.1 Å². The number of nitrogens with zero attached hydrogens (tertiary/aromatic N) is 3. The molecule has 0 saturated carbocycles. The van der Waals surface area contributed by atoms with Gasteiger partial charge < -0.3 is 14.8 Å². The number of anilines is 1. The maximum atomic E-state index is 4.33. The first kappa shape index (κ1) is 11.5. The van der Waals surface area contributed by atoms with Crippen molar-refractivity contribution in [2.75, 3.05) is 31.5 Å². The van der Waals surface area contributed by atoms with Gasteiger partial charge in [0.15, 0.2) is 0 Å².